The Morgan fingerprint density at radius 2 is 1.45 bits per heavy atom. The second kappa shape index (κ2) is 16.0. The van der Waals surface area contributed by atoms with Crippen molar-refractivity contribution in [3.05, 3.63) is 48.1 Å². The third kappa shape index (κ3) is 13.4. The summed E-state index contributed by atoms with van der Waals surface area (Å²) in [5.41, 5.74) is 4.04. The molecule has 0 saturated heterocycles. The first kappa shape index (κ1) is 21.3. The summed E-state index contributed by atoms with van der Waals surface area (Å²) >= 11 is 0. The van der Waals surface area contributed by atoms with Crippen LogP contribution >= 0.6 is 0 Å². The van der Waals surface area contributed by atoms with Gasteiger partial charge in [0.1, 0.15) is 0 Å². The molecule has 116 valence electrons. The first-order valence-corrected chi connectivity index (χ1v) is 8.20. The van der Waals surface area contributed by atoms with Gasteiger partial charge >= 0.3 is 0 Å². The van der Waals surface area contributed by atoms with Gasteiger partial charge in [-0.05, 0) is 51.5 Å². The Morgan fingerprint density at radius 3 is 1.80 bits per heavy atom. The topological polar surface area (TPSA) is 0 Å². The summed E-state index contributed by atoms with van der Waals surface area (Å²) in [5, 5.41) is 0. The van der Waals surface area contributed by atoms with Gasteiger partial charge < -0.3 is 0 Å². The number of hydrogen-bond donors (Lipinski definition) is 0. The minimum absolute atomic E-state index is 1.06. The Hall–Kier alpha value is -1.04. The average molecular weight is 277 g/mol. The van der Waals surface area contributed by atoms with Crippen LogP contribution in [0.4, 0.5) is 0 Å². The zero-order valence-electron chi connectivity index (χ0n) is 14.6. The lowest BCUT2D eigenvalue weighted by molar-refractivity contribution is 0.753. The number of hydrogen-bond acceptors (Lipinski definition) is 0. The fourth-order valence-electron chi connectivity index (χ4n) is 1.80. The number of rotatable bonds is 9. The highest BCUT2D eigenvalue weighted by molar-refractivity contribution is 5.27. The van der Waals surface area contributed by atoms with Crippen LogP contribution < -0.4 is 0 Å². The first-order valence-electron chi connectivity index (χ1n) is 8.20. The van der Waals surface area contributed by atoms with Gasteiger partial charge in [0.15, 0.2) is 0 Å². The smallest absolute Gasteiger partial charge is 0.0280 e. The molecule has 0 spiro atoms. The molecule has 0 rings (SSSR count). The number of allylic oxidation sites excluding steroid dienone is 6. The van der Waals surface area contributed by atoms with Gasteiger partial charge in [0, 0.05) is 0 Å². The molecule has 0 aliphatic carbocycles. The molecule has 0 aromatic carbocycles. The lowest BCUT2D eigenvalue weighted by atomic mass is 9.97. The molecular weight excluding hydrogens is 240 g/mol. The summed E-state index contributed by atoms with van der Waals surface area (Å²) in [5.74, 6) is 0. The van der Waals surface area contributed by atoms with Gasteiger partial charge in [0.05, 0.1) is 0 Å². The van der Waals surface area contributed by atoms with E-state index in [2.05, 4.69) is 46.9 Å². The van der Waals surface area contributed by atoms with Crippen molar-refractivity contribution in [2.75, 3.05) is 0 Å². The van der Waals surface area contributed by atoms with Crippen molar-refractivity contribution in [2.45, 2.75) is 79.6 Å². The van der Waals surface area contributed by atoms with E-state index in [4.69, 9.17) is 0 Å². The fraction of sp³-hybridized carbons (Fsp3) is 0.600. The van der Waals surface area contributed by atoms with Crippen LogP contribution in [0.2, 0.25) is 0 Å². The molecule has 0 amide bonds. The standard InChI is InChI=1S/C13H24.C7H12/c1-5-8-10-12(4)13(7-3)11-9-6-2;1-4-6-7(3)5-2/h7H,4-6,8-11H2,1-3H3;4,6H,3,5H2,1-2H3. The van der Waals surface area contributed by atoms with E-state index in [0.29, 0.717) is 0 Å². The summed E-state index contributed by atoms with van der Waals surface area (Å²) < 4.78 is 0. The van der Waals surface area contributed by atoms with Crippen molar-refractivity contribution in [1.82, 2.24) is 0 Å². The number of unbranched alkanes of at least 4 members (excludes halogenated alkanes) is 2. The van der Waals surface area contributed by atoms with Crippen molar-refractivity contribution in [3.63, 3.8) is 0 Å². The largest absolute Gasteiger partial charge is 0.0959 e. The maximum absolute atomic E-state index is 4.15. The molecule has 0 aliphatic heterocycles. The summed E-state index contributed by atoms with van der Waals surface area (Å²) in [6, 6.07) is 0. The van der Waals surface area contributed by atoms with Crippen molar-refractivity contribution in [3.8, 4) is 0 Å². The predicted molar refractivity (Wildman–Crippen MR) is 96.2 cm³/mol. The van der Waals surface area contributed by atoms with Crippen LogP contribution in [-0.4, -0.2) is 0 Å². The van der Waals surface area contributed by atoms with E-state index < -0.39 is 0 Å². The molecule has 0 aromatic heterocycles. The quantitative estimate of drug-likeness (QED) is 0.385. The third-order valence-electron chi connectivity index (χ3n) is 3.29. The molecule has 0 fully saturated rings. The highest BCUT2D eigenvalue weighted by Crippen LogP contribution is 2.20. The predicted octanol–water partition coefficient (Wildman–Crippen LogP) is 7.40. The minimum atomic E-state index is 1.06. The van der Waals surface area contributed by atoms with E-state index in [9.17, 15) is 0 Å². The lowest BCUT2D eigenvalue weighted by Gasteiger charge is -2.09. The molecule has 0 radical (unpaired) electrons. The van der Waals surface area contributed by atoms with Crippen LogP contribution in [0.5, 0.6) is 0 Å². The van der Waals surface area contributed by atoms with Crippen LogP contribution in [-0.2, 0) is 0 Å². The Bertz CT molecular complexity index is 302. The van der Waals surface area contributed by atoms with Crippen molar-refractivity contribution in [2.24, 2.45) is 0 Å². The highest BCUT2D eigenvalue weighted by Gasteiger charge is 2.00. The molecule has 0 heteroatoms. The Kier molecular flexibility index (Phi) is 17.0. The fourth-order valence-corrected chi connectivity index (χ4v) is 1.80. The van der Waals surface area contributed by atoms with Crippen LogP contribution in [0.3, 0.4) is 0 Å². The van der Waals surface area contributed by atoms with Crippen LogP contribution in [0.15, 0.2) is 48.1 Å². The van der Waals surface area contributed by atoms with Gasteiger partial charge in [-0.1, -0.05) is 76.1 Å². The lowest BCUT2D eigenvalue weighted by Crippen LogP contribution is -1.89. The Morgan fingerprint density at radius 1 is 0.900 bits per heavy atom. The van der Waals surface area contributed by atoms with E-state index >= 15 is 0 Å². The normalized spacial score (nSPS) is 11.2. The van der Waals surface area contributed by atoms with Crippen molar-refractivity contribution < 1.29 is 0 Å². The zero-order valence-corrected chi connectivity index (χ0v) is 14.6. The highest BCUT2D eigenvalue weighted by atomic mass is 14.1. The molecule has 0 unspecified atom stereocenters. The van der Waals surface area contributed by atoms with Gasteiger partial charge in [-0.15, -0.1) is 0 Å². The van der Waals surface area contributed by atoms with Gasteiger partial charge in [-0.25, -0.2) is 0 Å². The van der Waals surface area contributed by atoms with E-state index in [0.717, 1.165) is 6.42 Å². The SMILES string of the molecule is C=C(C=CC)CC.C=C(CCCC)C(=CC)CCCC. The summed E-state index contributed by atoms with van der Waals surface area (Å²) in [6.07, 6.45) is 14.8. The van der Waals surface area contributed by atoms with Gasteiger partial charge in [0.2, 0.25) is 0 Å². The third-order valence-corrected chi connectivity index (χ3v) is 3.29. The van der Waals surface area contributed by atoms with Crippen LogP contribution in [0.1, 0.15) is 79.6 Å². The molecule has 0 N–H and O–H groups in total. The van der Waals surface area contributed by atoms with E-state index in [-0.39, 0.29) is 0 Å². The van der Waals surface area contributed by atoms with Crippen LogP contribution in [0.25, 0.3) is 0 Å². The van der Waals surface area contributed by atoms with Crippen LogP contribution in [0, 0.1) is 0 Å². The average Bonchev–Trinajstić information content (AvgIpc) is 2.46. The summed E-state index contributed by atoms with van der Waals surface area (Å²) in [6.45, 7) is 18.6. The second-order valence-electron chi connectivity index (χ2n) is 5.14. The Labute approximate surface area is 128 Å². The van der Waals surface area contributed by atoms with Gasteiger partial charge in [-0.2, -0.15) is 0 Å². The van der Waals surface area contributed by atoms with E-state index in [1.165, 1.54) is 55.2 Å². The maximum Gasteiger partial charge on any atom is -0.0280 e. The minimum Gasteiger partial charge on any atom is -0.0959 e. The molecule has 0 saturated carbocycles. The van der Waals surface area contributed by atoms with Gasteiger partial charge in [-0.3, -0.25) is 0 Å². The zero-order chi connectivity index (χ0) is 15.8. The van der Waals surface area contributed by atoms with Crippen molar-refractivity contribution in [1.29, 1.82) is 0 Å². The molecule has 0 atom stereocenters. The maximum atomic E-state index is 4.15. The van der Waals surface area contributed by atoms with E-state index in [1.54, 1.807) is 0 Å². The van der Waals surface area contributed by atoms with Crippen molar-refractivity contribution >= 4 is 0 Å². The molecule has 0 aliphatic rings. The van der Waals surface area contributed by atoms with E-state index in [1.807, 2.05) is 19.1 Å². The molecule has 0 heterocycles. The molecule has 0 bridgehead atoms. The molecule has 0 aromatic rings. The summed E-state index contributed by atoms with van der Waals surface area (Å²) in [7, 11) is 0. The molecule has 0 nitrogen and oxygen atoms in total. The second-order valence-corrected chi connectivity index (χ2v) is 5.14. The van der Waals surface area contributed by atoms with Gasteiger partial charge in [0.25, 0.3) is 0 Å². The molecular formula is C20H36. The Balaban J connectivity index is 0. The molecule has 20 heavy (non-hydrogen) atoms. The first-order chi connectivity index (χ1) is 9.56. The summed E-state index contributed by atoms with van der Waals surface area (Å²) in [4.78, 5) is 0. The monoisotopic (exact) mass is 276 g/mol.